The van der Waals surface area contributed by atoms with Crippen molar-refractivity contribution in [1.29, 1.82) is 0 Å². The molecule has 5 nitrogen and oxygen atoms in total. The first-order valence-corrected chi connectivity index (χ1v) is 9.72. The van der Waals surface area contributed by atoms with Crippen LogP contribution in [0.25, 0.3) is 10.9 Å². The van der Waals surface area contributed by atoms with Crippen molar-refractivity contribution in [3.63, 3.8) is 0 Å². The van der Waals surface area contributed by atoms with E-state index in [9.17, 15) is 9.59 Å². The summed E-state index contributed by atoms with van der Waals surface area (Å²) in [5.41, 5.74) is 2.67. The Balaban J connectivity index is 1.75. The molecule has 0 spiro atoms. The highest BCUT2D eigenvalue weighted by Crippen LogP contribution is 2.24. The number of hydrogen-bond acceptors (Lipinski definition) is 2. The van der Waals surface area contributed by atoms with Crippen molar-refractivity contribution in [1.82, 2.24) is 14.8 Å². The van der Waals surface area contributed by atoms with Crippen molar-refractivity contribution in [3.05, 3.63) is 35.5 Å². The third kappa shape index (κ3) is 3.48. The van der Waals surface area contributed by atoms with Gasteiger partial charge in [0.05, 0.1) is 5.56 Å². The van der Waals surface area contributed by atoms with Gasteiger partial charge in [-0.1, -0.05) is 32.0 Å². The maximum atomic E-state index is 13.2. The van der Waals surface area contributed by atoms with Gasteiger partial charge in [0.25, 0.3) is 5.91 Å². The topological polar surface area (TPSA) is 56.4 Å². The normalized spacial score (nSPS) is 15.5. The molecule has 140 valence electrons. The van der Waals surface area contributed by atoms with E-state index in [-0.39, 0.29) is 17.7 Å². The number of carbonyl (C=O) groups is 2. The van der Waals surface area contributed by atoms with Gasteiger partial charge in [-0.3, -0.25) is 9.59 Å². The predicted octanol–water partition coefficient (Wildman–Crippen LogP) is 3.59. The van der Waals surface area contributed by atoms with Crippen LogP contribution in [0.15, 0.2) is 24.3 Å². The maximum absolute atomic E-state index is 13.2. The first-order valence-electron chi connectivity index (χ1n) is 9.72. The van der Waals surface area contributed by atoms with Crippen molar-refractivity contribution >= 4 is 22.7 Å². The van der Waals surface area contributed by atoms with E-state index in [4.69, 9.17) is 0 Å². The van der Waals surface area contributed by atoms with Gasteiger partial charge in [-0.25, -0.2) is 0 Å². The van der Waals surface area contributed by atoms with Crippen LogP contribution >= 0.6 is 0 Å². The van der Waals surface area contributed by atoms with E-state index < -0.39 is 0 Å². The SMILES string of the molecule is CCC(CC)C(=O)N1CCCN(C(=O)c2c(C)[nH]c3ccccc23)CC1. The molecule has 0 bridgehead atoms. The number of para-hydroxylation sites is 1. The predicted molar refractivity (Wildman–Crippen MR) is 104 cm³/mol. The van der Waals surface area contributed by atoms with Crippen molar-refractivity contribution in [2.24, 2.45) is 5.92 Å². The van der Waals surface area contributed by atoms with Crippen LogP contribution in [-0.2, 0) is 4.79 Å². The van der Waals surface area contributed by atoms with Crippen molar-refractivity contribution in [3.8, 4) is 0 Å². The molecule has 2 amide bonds. The second kappa shape index (κ2) is 7.94. The van der Waals surface area contributed by atoms with Gasteiger partial charge in [-0.15, -0.1) is 0 Å². The van der Waals surface area contributed by atoms with Crippen LogP contribution in [0.1, 0.15) is 49.2 Å². The number of H-pyrrole nitrogens is 1. The summed E-state index contributed by atoms with van der Waals surface area (Å²) < 4.78 is 0. The quantitative estimate of drug-likeness (QED) is 0.911. The summed E-state index contributed by atoms with van der Waals surface area (Å²) >= 11 is 0. The molecular formula is C21H29N3O2. The van der Waals surface area contributed by atoms with E-state index in [1.165, 1.54) is 0 Å². The second-order valence-electron chi connectivity index (χ2n) is 7.16. The summed E-state index contributed by atoms with van der Waals surface area (Å²) in [5.74, 6) is 0.414. The number of nitrogens with one attached hydrogen (secondary N) is 1. The Morgan fingerprint density at radius 3 is 2.42 bits per heavy atom. The van der Waals surface area contributed by atoms with Crippen LogP contribution in [0.2, 0.25) is 0 Å². The van der Waals surface area contributed by atoms with Gasteiger partial charge in [0.1, 0.15) is 0 Å². The zero-order valence-corrected chi connectivity index (χ0v) is 16.0. The van der Waals surface area contributed by atoms with E-state index in [1.54, 1.807) is 0 Å². The molecule has 3 rings (SSSR count). The molecule has 5 heteroatoms. The minimum Gasteiger partial charge on any atom is -0.358 e. The molecule has 26 heavy (non-hydrogen) atoms. The average molecular weight is 355 g/mol. The molecular weight excluding hydrogens is 326 g/mol. The lowest BCUT2D eigenvalue weighted by Gasteiger charge is -2.25. The number of aromatic nitrogens is 1. The number of aryl methyl sites for hydroxylation is 1. The van der Waals surface area contributed by atoms with Crippen molar-refractivity contribution < 1.29 is 9.59 Å². The third-order valence-electron chi connectivity index (χ3n) is 5.54. The lowest BCUT2D eigenvalue weighted by molar-refractivity contribution is -0.135. The molecule has 0 aliphatic carbocycles. The fourth-order valence-corrected chi connectivity index (χ4v) is 3.95. The number of rotatable bonds is 4. The highest BCUT2D eigenvalue weighted by Gasteiger charge is 2.27. The zero-order chi connectivity index (χ0) is 18.7. The zero-order valence-electron chi connectivity index (χ0n) is 16.0. The fourth-order valence-electron chi connectivity index (χ4n) is 3.95. The smallest absolute Gasteiger partial charge is 0.256 e. The number of hydrogen-bond donors (Lipinski definition) is 1. The standard InChI is InChI=1S/C21H29N3O2/c1-4-16(5-2)20(25)23-11-8-12-24(14-13-23)21(26)19-15(3)22-18-10-7-6-9-17(18)19/h6-7,9-10,16,22H,4-5,8,11-14H2,1-3H3. The number of nitrogens with zero attached hydrogens (tertiary/aromatic N) is 2. The maximum Gasteiger partial charge on any atom is 0.256 e. The second-order valence-corrected chi connectivity index (χ2v) is 7.16. The first kappa shape index (κ1) is 18.5. The number of amides is 2. The van der Waals surface area contributed by atoms with Crippen LogP contribution in [0.5, 0.6) is 0 Å². The summed E-state index contributed by atoms with van der Waals surface area (Å²) in [6.07, 6.45) is 2.59. The summed E-state index contributed by atoms with van der Waals surface area (Å²) in [6, 6.07) is 7.93. The summed E-state index contributed by atoms with van der Waals surface area (Å²) in [7, 11) is 0. The highest BCUT2D eigenvalue weighted by atomic mass is 16.2. The Morgan fingerprint density at radius 2 is 1.69 bits per heavy atom. The van der Waals surface area contributed by atoms with Crippen LogP contribution in [0, 0.1) is 12.8 Å². The van der Waals surface area contributed by atoms with Crippen LogP contribution in [-0.4, -0.2) is 52.8 Å². The van der Waals surface area contributed by atoms with Gasteiger partial charge < -0.3 is 14.8 Å². The number of aromatic amines is 1. The molecule has 1 aromatic heterocycles. The van der Waals surface area contributed by atoms with E-state index in [0.717, 1.165) is 48.0 Å². The van der Waals surface area contributed by atoms with Gasteiger partial charge >= 0.3 is 0 Å². The molecule has 1 saturated heterocycles. The molecule has 1 aliphatic heterocycles. The minimum absolute atomic E-state index is 0.0665. The Morgan fingerprint density at radius 1 is 1.04 bits per heavy atom. The van der Waals surface area contributed by atoms with Gasteiger partial charge in [0.15, 0.2) is 0 Å². The molecule has 1 N–H and O–H groups in total. The van der Waals surface area contributed by atoms with Crippen LogP contribution in [0.4, 0.5) is 0 Å². The molecule has 0 radical (unpaired) electrons. The van der Waals surface area contributed by atoms with Gasteiger partial charge in [-0.2, -0.15) is 0 Å². The Hall–Kier alpha value is -2.30. The van der Waals surface area contributed by atoms with Gasteiger partial charge in [0.2, 0.25) is 5.91 Å². The lowest BCUT2D eigenvalue weighted by Crippen LogP contribution is -2.39. The van der Waals surface area contributed by atoms with Crippen molar-refractivity contribution in [2.45, 2.75) is 40.0 Å². The molecule has 0 unspecified atom stereocenters. The van der Waals surface area contributed by atoms with E-state index >= 15 is 0 Å². The largest absolute Gasteiger partial charge is 0.358 e. The van der Waals surface area contributed by atoms with Gasteiger partial charge in [0, 0.05) is 48.7 Å². The van der Waals surface area contributed by atoms with Crippen LogP contribution < -0.4 is 0 Å². The third-order valence-corrected chi connectivity index (χ3v) is 5.54. The monoisotopic (exact) mass is 355 g/mol. The number of fused-ring (bicyclic) bond motifs is 1. The minimum atomic E-state index is 0.0665. The molecule has 0 atom stereocenters. The van der Waals surface area contributed by atoms with E-state index in [1.807, 2.05) is 41.0 Å². The highest BCUT2D eigenvalue weighted by molar-refractivity contribution is 6.08. The number of carbonyl (C=O) groups excluding carboxylic acids is 2. The first-order chi connectivity index (χ1) is 12.6. The molecule has 1 aliphatic rings. The van der Waals surface area contributed by atoms with Crippen molar-refractivity contribution in [2.75, 3.05) is 26.2 Å². The van der Waals surface area contributed by atoms with E-state index in [2.05, 4.69) is 18.8 Å². The Kier molecular flexibility index (Phi) is 5.64. The molecule has 2 heterocycles. The summed E-state index contributed by atoms with van der Waals surface area (Å²) in [4.78, 5) is 33.0. The number of benzene rings is 1. The summed E-state index contributed by atoms with van der Waals surface area (Å²) in [6.45, 7) is 8.76. The summed E-state index contributed by atoms with van der Waals surface area (Å²) in [5, 5.41) is 0.976. The van der Waals surface area contributed by atoms with E-state index in [0.29, 0.717) is 19.6 Å². The molecule has 0 saturated carbocycles. The lowest BCUT2D eigenvalue weighted by atomic mass is 10.0. The average Bonchev–Trinajstić information content (AvgIpc) is 2.82. The molecule has 1 aromatic carbocycles. The Bertz CT molecular complexity index is 792. The molecule has 1 fully saturated rings. The van der Waals surface area contributed by atoms with Gasteiger partial charge in [-0.05, 0) is 32.3 Å². The Labute approximate surface area is 155 Å². The molecule has 2 aromatic rings. The fraction of sp³-hybridized carbons (Fsp3) is 0.524. The van der Waals surface area contributed by atoms with Crippen LogP contribution in [0.3, 0.4) is 0 Å².